The van der Waals surface area contributed by atoms with Crippen molar-refractivity contribution in [3.63, 3.8) is 0 Å². The van der Waals surface area contributed by atoms with E-state index in [9.17, 15) is 9.59 Å². The third-order valence-corrected chi connectivity index (χ3v) is 5.49. The van der Waals surface area contributed by atoms with Crippen molar-refractivity contribution in [1.29, 1.82) is 0 Å². The maximum atomic E-state index is 12.1. The van der Waals surface area contributed by atoms with E-state index in [-0.39, 0.29) is 0 Å². The van der Waals surface area contributed by atoms with Gasteiger partial charge in [-0.25, -0.2) is 5.43 Å². The number of hydrogen-bond donors (Lipinski definition) is 2. The lowest BCUT2D eigenvalue weighted by atomic mass is 10.0. The highest BCUT2D eigenvalue weighted by Crippen LogP contribution is 2.21. The fraction of sp³-hybridized carbons (Fsp3) is 0.208. The summed E-state index contributed by atoms with van der Waals surface area (Å²) in [5.41, 5.74) is 7.91. The minimum absolute atomic E-state index is 0.396. The zero-order chi connectivity index (χ0) is 22.5. The van der Waals surface area contributed by atoms with Gasteiger partial charge in [-0.1, -0.05) is 41.9 Å². The van der Waals surface area contributed by atoms with Gasteiger partial charge in [-0.2, -0.15) is 5.10 Å². The van der Waals surface area contributed by atoms with E-state index in [1.54, 1.807) is 18.3 Å². The van der Waals surface area contributed by atoms with Crippen molar-refractivity contribution >= 4 is 39.6 Å². The number of anilines is 1. The Kier molecular flexibility index (Phi) is 7.07. The molecular formula is C24H25BrN4O2. The number of carbonyl (C=O) groups excluding carboxylic acids is 2. The van der Waals surface area contributed by atoms with Crippen molar-refractivity contribution < 1.29 is 9.59 Å². The molecule has 0 bridgehead atoms. The molecule has 0 aliphatic carbocycles. The van der Waals surface area contributed by atoms with E-state index in [0.29, 0.717) is 11.6 Å². The summed E-state index contributed by atoms with van der Waals surface area (Å²) in [4.78, 5) is 24.2. The van der Waals surface area contributed by atoms with Gasteiger partial charge in [0.15, 0.2) is 0 Å². The maximum absolute atomic E-state index is 12.1. The first kappa shape index (κ1) is 22.5. The summed E-state index contributed by atoms with van der Waals surface area (Å²) in [7, 11) is 0. The number of aryl methyl sites for hydroxylation is 1. The Bertz CT molecular complexity index is 1110. The molecule has 3 aromatic rings. The van der Waals surface area contributed by atoms with Crippen LogP contribution in [0.5, 0.6) is 0 Å². The molecule has 0 atom stereocenters. The van der Waals surface area contributed by atoms with Crippen LogP contribution in [-0.2, 0) is 9.59 Å². The number of benzene rings is 2. The molecule has 7 heteroatoms. The van der Waals surface area contributed by atoms with Crippen molar-refractivity contribution in [3.05, 3.63) is 81.6 Å². The third-order valence-electron chi connectivity index (χ3n) is 4.97. The molecule has 3 rings (SSSR count). The fourth-order valence-electron chi connectivity index (χ4n) is 3.26. The molecule has 0 aliphatic heterocycles. The molecule has 2 aromatic carbocycles. The molecular weight excluding hydrogens is 456 g/mol. The summed E-state index contributed by atoms with van der Waals surface area (Å²) in [5.74, 6) is -1.20. The Morgan fingerprint density at radius 3 is 2.26 bits per heavy atom. The summed E-state index contributed by atoms with van der Waals surface area (Å²) < 4.78 is 3.11. The number of rotatable bonds is 5. The molecule has 0 fully saturated rings. The highest BCUT2D eigenvalue weighted by molar-refractivity contribution is 9.10. The van der Waals surface area contributed by atoms with Gasteiger partial charge < -0.3 is 9.88 Å². The zero-order valence-corrected chi connectivity index (χ0v) is 19.5. The predicted molar refractivity (Wildman–Crippen MR) is 128 cm³/mol. The van der Waals surface area contributed by atoms with Crippen LogP contribution in [0, 0.1) is 13.8 Å². The first-order valence-electron chi connectivity index (χ1n) is 9.95. The third kappa shape index (κ3) is 5.49. The molecule has 0 saturated carbocycles. The largest absolute Gasteiger partial charge is 0.329 e. The van der Waals surface area contributed by atoms with Crippen molar-refractivity contribution in [3.8, 4) is 5.69 Å². The highest BCUT2D eigenvalue weighted by Gasteiger charge is 2.14. The highest BCUT2D eigenvalue weighted by atomic mass is 79.9. The Balaban J connectivity index is 1.63. The second kappa shape index (κ2) is 9.75. The fourth-order valence-corrected chi connectivity index (χ4v) is 3.52. The number of amides is 2. The Labute approximate surface area is 190 Å². The van der Waals surface area contributed by atoms with Gasteiger partial charge in [0, 0.05) is 32.8 Å². The molecule has 31 heavy (non-hydrogen) atoms. The maximum Gasteiger partial charge on any atom is 0.329 e. The lowest BCUT2D eigenvalue weighted by molar-refractivity contribution is -0.136. The average molecular weight is 481 g/mol. The molecule has 0 spiro atoms. The van der Waals surface area contributed by atoms with Crippen LogP contribution in [0.2, 0.25) is 0 Å². The number of halogens is 1. The first-order valence-corrected chi connectivity index (χ1v) is 10.7. The summed E-state index contributed by atoms with van der Waals surface area (Å²) in [6, 6.07) is 17.4. The van der Waals surface area contributed by atoms with Gasteiger partial charge >= 0.3 is 11.8 Å². The van der Waals surface area contributed by atoms with Crippen LogP contribution >= 0.6 is 15.9 Å². The van der Waals surface area contributed by atoms with Crippen molar-refractivity contribution in [2.75, 3.05) is 5.32 Å². The number of carbonyl (C=O) groups is 2. The van der Waals surface area contributed by atoms with Gasteiger partial charge in [0.1, 0.15) is 0 Å². The molecule has 0 aliphatic rings. The second-order valence-electron chi connectivity index (χ2n) is 7.57. The van der Waals surface area contributed by atoms with Crippen LogP contribution < -0.4 is 10.7 Å². The van der Waals surface area contributed by atoms with Gasteiger partial charge in [-0.3, -0.25) is 9.59 Å². The summed E-state index contributed by atoms with van der Waals surface area (Å²) in [5, 5.41) is 6.53. The van der Waals surface area contributed by atoms with Crippen LogP contribution in [-0.4, -0.2) is 22.6 Å². The van der Waals surface area contributed by atoms with E-state index in [2.05, 4.69) is 50.2 Å². The van der Waals surface area contributed by atoms with E-state index in [1.165, 1.54) is 0 Å². The van der Waals surface area contributed by atoms with Crippen LogP contribution in [0.25, 0.3) is 5.69 Å². The first-order chi connectivity index (χ1) is 14.8. The minimum Gasteiger partial charge on any atom is -0.318 e. The van der Waals surface area contributed by atoms with Crippen LogP contribution in [0.15, 0.2) is 64.2 Å². The molecule has 2 N–H and O–H groups in total. The second-order valence-corrected chi connectivity index (χ2v) is 8.48. The molecule has 0 radical (unpaired) electrons. The lowest BCUT2D eigenvalue weighted by Gasteiger charge is -2.09. The van der Waals surface area contributed by atoms with E-state index in [0.717, 1.165) is 32.7 Å². The standard InChI is InChI=1S/C24H25BrN4O2/c1-15(2)18-5-9-21(10-6-18)27-23(30)24(31)28-26-14-19-13-16(3)29(17(19)4)22-11-7-20(25)8-12-22/h5-15H,1-4H3,(H,27,30)(H,28,31)/b26-14-. The van der Waals surface area contributed by atoms with Gasteiger partial charge in [-0.15, -0.1) is 0 Å². The monoisotopic (exact) mass is 480 g/mol. The Hall–Kier alpha value is -3.19. The summed E-state index contributed by atoms with van der Waals surface area (Å²) in [6.07, 6.45) is 1.54. The minimum atomic E-state index is -0.828. The molecule has 1 aromatic heterocycles. The van der Waals surface area contributed by atoms with Gasteiger partial charge in [0.25, 0.3) is 0 Å². The smallest absolute Gasteiger partial charge is 0.318 e. The summed E-state index contributed by atoms with van der Waals surface area (Å²) in [6.45, 7) is 8.17. The van der Waals surface area contributed by atoms with Gasteiger partial charge in [0.2, 0.25) is 0 Å². The van der Waals surface area contributed by atoms with Crippen LogP contribution in [0.3, 0.4) is 0 Å². The quantitative estimate of drug-likeness (QED) is 0.303. The van der Waals surface area contributed by atoms with Crippen molar-refractivity contribution in [2.45, 2.75) is 33.6 Å². The number of hydrogen-bond acceptors (Lipinski definition) is 3. The number of aromatic nitrogens is 1. The normalized spacial score (nSPS) is 11.2. The molecule has 0 saturated heterocycles. The summed E-state index contributed by atoms with van der Waals surface area (Å²) >= 11 is 3.45. The lowest BCUT2D eigenvalue weighted by Crippen LogP contribution is -2.32. The van der Waals surface area contributed by atoms with Crippen molar-refractivity contribution in [2.24, 2.45) is 5.10 Å². The molecule has 2 amide bonds. The van der Waals surface area contributed by atoms with Gasteiger partial charge in [0.05, 0.1) is 6.21 Å². The topological polar surface area (TPSA) is 75.5 Å². The van der Waals surface area contributed by atoms with E-state index >= 15 is 0 Å². The van der Waals surface area contributed by atoms with E-state index in [1.807, 2.05) is 56.3 Å². The Morgan fingerprint density at radius 1 is 1.00 bits per heavy atom. The van der Waals surface area contributed by atoms with E-state index in [4.69, 9.17) is 0 Å². The number of hydrazone groups is 1. The van der Waals surface area contributed by atoms with Crippen LogP contribution in [0.4, 0.5) is 5.69 Å². The SMILES string of the molecule is Cc1cc(/C=N\NC(=O)C(=O)Nc2ccc(C(C)C)cc2)c(C)n1-c1ccc(Br)cc1. The Morgan fingerprint density at radius 2 is 1.65 bits per heavy atom. The average Bonchev–Trinajstić information content (AvgIpc) is 3.02. The molecule has 1 heterocycles. The van der Waals surface area contributed by atoms with Crippen LogP contribution in [0.1, 0.15) is 42.3 Å². The van der Waals surface area contributed by atoms with Crippen molar-refractivity contribution in [1.82, 2.24) is 9.99 Å². The number of nitrogens with one attached hydrogen (secondary N) is 2. The molecule has 0 unspecified atom stereocenters. The predicted octanol–water partition coefficient (Wildman–Crippen LogP) is 5.07. The molecule has 160 valence electrons. The van der Waals surface area contributed by atoms with E-state index < -0.39 is 11.8 Å². The van der Waals surface area contributed by atoms with Gasteiger partial charge in [-0.05, 0) is 67.8 Å². The molecule has 6 nitrogen and oxygen atoms in total. The number of nitrogens with zero attached hydrogens (tertiary/aromatic N) is 2. The zero-order valence-electron chi connectivity index (χ0n) is 17.9.